The van der Waals surface area contributed by atoms with Crippen molar-refractivity contribution < 1.29 is 14.3 Å². The second-order valence-electron chi connectivity index (χ2n) is 9.18. The van der Waals surface area contributed by atoms with Crippen molar-refractivity contribution in [2.75, 3.05) is 63.7 Å². The van der Waals surface area contributed by atoms with Crippen LogP contribution in [0.1, 0.15) is 10.4 Å². The second-order valence-corrected chi connectivity index (χ2v) is 9.18. The molecule has 1 fully saturated rings. The molecule has 196 valence electrons. The van der Waals surface area contributed by atoms with Gasteiger partial charge in [0.2, 0.25) is 0 Å². The van der Waals surface area contributed by atoms with Gasteiger partial charge in [-0.1, -0.05) is 36.4 Å². The summed E-state index contributed by atoms with van der Waals surface area (Å²) in [6.45, 7) is 5.30. The summed E-state index contributed by atoms with van der Waals surface area (Å²) in [7, 11) is 3.22. The first-order valence-corrected chi connectivity index (χ1v) is 12.8. The van der Waals surface area contributed by atoms with Crippen LogP contribution in [0.5, 0.6) is 11.5 Å². The van der Waals surface area contributed by atoms with Crippen LogP contribution in [-0.4, -0.2) is 69.3 Å². The maximum absolute atomic E-state index is 13.3. The highest BCUT2D eigenvalue weighted by Crippen LogP contribution is 2.32. The molecule has 4 aromatic rings. The van der Waals surface area contributed by atoms with Crippen molar-refractivity contribution >= 4 is 34.0 Å². The smallest absolute Gasteiger partial charge is 0.252 e. The van der Waals surface area contributed by atoms with E-state index >= 15 is 0 Å². The van der Waals surface area contributed by atoms with Crippen molar-refractivity contribution in [3.8, 4) is 11.5 Å². The van der Waals surface area contributed by atoms with Crippen molar-refractivity contribution in [3.63, 3.8) is 0 Å². The molecule has 8 heteroatoms. The molecular weight excluding hydrogens is 478 g/mol. The Morgan fingerprint density at radius 1 is 0.895 bits per heavy atom. The number of nitrogens with one attached hydrogen (secondary N) is 2. The molecule has 0 saturated carbocycles. The number of benzene rings is 3. The van der Waals surface area contributed by atoms with E-state index in [0.29, 0.717) is 29.4 Å². The number of piperazine rings is 1. The van der Waals surface area contributed by atoms with Crippen LogP contribution in [-0.2, 0) is 0 Å². The van der Waals surface area contributed by atoms with Gasteiger partial charge in [0.1, 0.15) is 17.3 Å². The number of carbonyl (C=O) groups is 1. The molecule has 2 heterocycles. The molecule has 3 aromatic carbocycles. The summed E-state index contributed by atoms with van der Waals surface area (Å²) in [5, 5.41) is 7.24. The van der Waals surface area contributed by atoms with Crippen LogP contribution in [0.4, 0.5) is 17.2 Å². The zero-order chi connectivity index (χ0) is 26.3. The van der Waals surface area contributed by atoms with E-state index in [2.05, 4.69) is 44.7 Å². The van der Waals surface area contributed by atoms with Gasteiger partial charge in [-0.05, 0) is 36.4 Å². The van der Waals surface area contributed by atoms with E-state index in [9.17, 15) is 4.79 Å². The van der Waals surface area contributed by atoms with E-state index in [0.717, 1.165) is 49.3 Å². The molecule has 2 N–H and O–H groups in total. The van der Waals surface area contributed by atoms with E-state index in [1.54, 1.807) is 26.4 Å². The lowest BCUT2D eigenvalue weighted by Crippen LogP contribution is -2.48. The van der Waals surface area contributed by atoms with E-state index in [1.165, 1.54) is 5.69 Å². The number of para-hydroxylation sites is 2. The van der Waals surface area contributed by atoms with Crippen LogP contribution in [0.2, 0.25) is 0 Å². The van der Waals surface area contributed by atoms with Crippen LogP contribution in [0.15, 0.2) is 78.9 Å². The lowest BCUT2D eigenvalue weighted by molar-refractivity contribution is 0.0949. The number of anilines is 3. The molecule has 0 radical (unpaired) electrons. The highest BCUT2D eigenvalue weighted by atomic mass is 16.5. The topological polar surface area (TPSA) is 79.0 Å². The quantitative estimate of drug-likeness (QED) is 0.341. The Hall–Kier alpha value is -4.30. The van der Waals surface area contributed by atoms with Gasteiger partial charge in [-0.15, -0.1) is 0 Å². The number of methoxy groups -OCH3 is 2. The van der Waals surface area contributed by atoms with E-state index in [1.807, 2.05) is 42.5 Å². The van der Waals surface area contributed by atoms with Gasteiger partial charge in [0.05, 0.1) is 31.0 Å². The molecule has 1 aromatic heterocycles. The number of ether oxygens (including phenoxy) is 2. The summed E-state index contributed by atoms with van der Waals surface area (Å²) in [4.78, 5) is 22.8. The van der Waals surface area contributed by atoms with Gasteiger partial charge < -0.3 is 25.0 Å². The van der Waals surface area contributed by atoms with Crippen molar-refractivity contribution in [2.45, 2.75) is 0 Å². The van der Waals surface area contributed by atoms with Crippen LogP contribution >= 0.6 is 0 Å². The second kappa shape index (κ2) is 11.8. The molecule has 0 aliphatic carbocycles. The van der Waals surface area contributed by atoms with Gasteiger partial charge in [0, 0.05) is 56.4 Å². The maximum Gasteiger partial charge on any atom is 0.252 e. The molecule has 1 amide bonds. The Kier molecular flexibility index (Phi) is 7.89. The van der Waals surface area contributed by atoms with E-state index in [-0.39, 0.29) is 5.91 Å². The molecular formula is C30H33N5O3. The maximum atomic E-state index is 13.3. The van der Waals surface area contributed by atoms with Crippen LogP contribution in [0.25, 0.3) is 10.9 Å². The van der Waals surface area contributed by atoms with Gasteiger partial charge >= 0.3 is 0 Å². The average molecular weight is 512 g/mol. The first kappa shape index (κ1) is 25.4. The van der Waals surface area contributed by atoms with Crippen LogP contribution in [0, 0.1) is 0 Å². The molecule has 0 unspecified atom stereocenters. The highest BCUT2D eigenvalue weighted by Gasteiger charge is 2.18. The molecule has 1 aliphatic rings. The van der Waals surface area contributed by atoms with E-state index in [4.69, 9.17) is 14.5 Å². The largest absolute Gasteiger partial charge is 0.497 e. The first-order chi connectivity index (χ1) is 18.6. The number of carbonyl (C=O) groups excluding carboxylic acids is 1. The molecule has 0 atom stereocenters. The SMILES string of the molecule is COc1ccc(Nc2cc(C(=O)NCCN3CCN(c4ccccc4)CC3)c3ccccc3n2)c(OC)c1. The van der Waals surface area contributed by atoms with Gasteiger partial charge in [0.25, 0.3) is 5.91 Å². The summed E-state index contributed by atoms with van der Waals surface area (Å²) in [5.41, 5.74) is 3.32. The zero-order valence-corrected chi connectivity index (χ0v) is 21.8. The monoisotopic (exact) mass is 511 g/mol. The number of amides is 1. The highest BCUT2D eigenvalue weighted by molar-refractivity contribution is 6.07. The molecule has 8 nitrogen and oxygen atoms in total. The fraction of sp³-hybridized carbons (Fsp3) is 0.267. The molecule has 1 saturated heterocycles. The minimum atomic E-state index is -0.115. The lowest BCUT2D eigenvalue weighted by Gasteiger charge is -2.36. The predicted octanol–water partition coefficient (Wildman–Crippen LogP) is 4.55. The fourth-order valence-electron chi connectivity index (χ4n) is 4.76. The van der Waals surface area contributed by atoms with Crippen molar-refractivity contribution in [1.82, 2.24) is 15.2 Å². The Labute approximate surface area is 223 Å². The summed E-state index contributed by atoms with van der Waals surface area (Å²) in [5.74, 6) is 1.77. The molecule has 1 aliphatic heterocycles. The average Bonchev–Trinajstić information content (AvgIpc) is 2.97. The third-order valence-electron chi connectivity index (χ3n) is 6.84. The summed E-state index contributed by atoms with van der Waals surface area (Å²) in [6, 6.07) is 25.5. The minimum Gasteiger partial charge on any atom is -0.497 e. The summed E-state index contributed by atoms with van der Waals surface area (Å²) < 4.78 is 10.8. The molecule has 5 rings (SSSR count). The first-order valence-electron chi connectivity index (χ1n) is 12.8. The van der Waals surface area contributed by atoms with Gasteiger partial charge in [-0.25, -0.2) is 4.98 Å². The number of fused-ring (bicyclic) bond motifs is 1. The fourth-order valence-corrected chi connectivity index (χ4v) is 4.76. The molecule has 0 spiro atoms. The van der Waals surface area contributed by atoms with Crippen LogP contribution < -0.4 is 25.0 Å². The zero-order valence-electron chi connectivity index (χ0n) is 21.8. The Morgan fingerprint density at radius 3 is 2.42 bits per heavy atom. The third kappa shape index (κ3) is 5.81. The number of rotatable bonds is 9. The van der Waals surface area contributed by atoms with Gasteiger partial charge in [-0.2, -0.15) is 0 Å². The molecule has 38 heavy (non-hydrogen) atoms. The summed E-state index contributed by atoms with van der Waals surface area (Å²) >= 11 is 0. The number of nitrogens with zero attached hydrogens (tertiary/aromatic N) is 3. The minimum absolute atomic E-state index is 0.115. The van der Waals surface area contributed by atoms with Crippen molar-refractivity contribution in [2.24, 2.45) is 0 Å². The van der Waals surface area contributed by atoms with Gasteiger partial charge in [0.15, 0.2) is 0 Å². The Bertz CT molecular complexity index is 1390. The summed E-state index contributed by atoms with van der Waals surface area (Å²) in [6.07, 6.45) is 0. The third-order valence-corrected chi connectivity index (χ3v) is 6.84. The normalized spacial score (nSPS) is 13.8. The standard InChI is InChI=1S/C30H33N5O3/c1-37-23-12-13-27(28(20-23)38-2)33-29-21-25(24-10-6-7-11-26(24)32-29)30(36)31-14-15-34-16-18-35(19-17-34)22-8-4-3-5-9-22/h3-13,20-21H,14-19H2,1-2H3,(H,31,36)(H,32,33). The molecule has 0 bridgehead atoms. The Balaban J connectivity index is 1.24. The van der Waals surface area contributed by atoms with Crippen molar-refractivity contribution in [1.29, 1.82) is 0 Å². The predicted molar refractivity (Wildman–Crippen MR) is 152 cm³/mol. The number of hydrogen-bond acceptors (Lipinski definition) is 7. The van der Waals surface area contributed by atoms with Crippen LogP contribution in [0.3, 0.4) is 0 Å². The van der Waals surface area contributed by atoms with Gasteiger partial charge in [-0.3, -0.25) is 9.69 Å². The van der Waals surface area contributed by atoms with E-state index < -0.39 is 0 Å². The lowest BCUT2D eigenvalue weighted by atomic mass is 10.1. The number of hydrogen-bond donors (Lipinski definition) is 2. The van der Waals surface area contributed by atoms with Crippen molar-refractivity contribution in [3.05, 3.63) is 84.4 Å². The number of aromatic nitrogens is 1. The number of pyridine rings is 1. The Morgan fingerprint density at radius 2 is 1.66 bits per heavy atom.